The topological polar surface area (TPSA) is 102 Å². The maximum Gasteiger partial charge on any atom is 0.410 e. The lowest BCUT2D eigenvalue weighted by Crippen LogP contribution is -2.43. The Morgan fingerprint density at radius 3 is 2.20 bits per heavy atom. The number of anilines is 2. The Kier molecular flexibility index (Phi) is 11.6. The van der Waals surface area contributed by atoms with Crippen LogP contribution in [0.5, 0.6) is 17.2 Å². The molecule has 0 bridgehead atoms. The summed E-state index contributed by atoms with van der Waals surface area (Å²) < 4.78 is 21.8. The lowest BCUT2D eigenvalue weighted by atomic mass is 10.1. The lowest BCUT2D eigenvalue weighted by molar-refractivity contribution is 0.00944. The van der Waals surface area contributed by atoms with Crippen LogP contribution in [0.25, 0.3) is 0 Å². The van der Waals surface area contributed by atoms with Gasteiger partial charge in [-0.3, -0.25) is 0 Å². The fraction of sp³-hybridized carbons (Fsp3) is 0.355. The molecule has 3 aromatic carbocycles. The number of ether oxygens (including phenoxy) is 4. The van der Waals surface area contributed by atoms with E-state index in [-0.39, 0.29) is 13.2 Å². The van der Waals surface area contributed by atoms with E-state index >= 15 is 0 Å². The molecule has 3 rings (SSSR count). The van der Waals surface area contributed by atoms with Gasteiger partial charge in [0.1, 0.15) is 24.1 Å². The van der Waals surface area contributed by atoms with Gasteiger partial charge in [0.2, 0.25) is 0 Å². The molecule has 10 heteroatoms. The number of methoxy groups -OCH3 is 2. The van der Waals surface area contributed by atoms with Crippen LogP contribution in [0.15, 0.2) is 72.8 Å². The normalized spacial score (nSPS) is 11.7. The smallest absolute Gasteiger partial charge is 0.410 e. The summed E-state index contributed by atoms with van der Waals surface area (Å²) in [5.41, 5.74) is 1.93. The van der Waals surface area contributed by atoms with Gasteiger partial charge in [0.15, 0.2) is 16.6 Å². The zero-order valence-electron chi connectivity index (χ0n) is 24.2. The first-order valence-corrected chi connectivity index (χ1v) is 13.7. The first-order chi connectivity index (χ1) is 19.6. The average molecular weight is 582 g/mol. The van der Waals surface area contributed by atoms with E-state index in [9.17, 15) is 9.90 Å². The molecule has 0 fully saturated rings. The summed E-state index contributed by atoms with van der Waals surface area (Å²) >= 11 is 5.46. The van der Waals surface area contributed by atoms with Gasteiger partial charge in [0, 0.05) is 24.0 Å². The molecule has 0 aliphatic heterocycles. The zero-order chi connectivity index (χ0) is 29.8. The van der Waals surface area contributed by atoms with Crippen molar-refractivity contribution >= 4 is 34.8 Å². The molecule has 0 radical (unpaired) electrons. The van der Waals surface area contributed by atoms with Crippen molar-refractivity contribution in [1.29, 1.82) is 0 Å². The monoisotopic (exact) mass is 581 g/mol. The molecule has 220 valence electrons. The number of benzene rings is 3. The van der Waals surface area contributed by atoms with Gasteiger partial charge in [-0.15, -0.1) is 0 Å². The molecule has 0 unspecified atom stereocenters. The highest BCUT2D eigenvalue weighted by atomic mass is 32.1. The second-order valence-electron chi connectivity index (χ2n) is 10.3. The van der Waals surface area contributed by atoms with E-state index in [0.29, 0.717) is 35.3 Å². The molecule has 0 aliphatic carbocycles. The Bertz CT molecular complexity index is 1270. The third-order valence-electron chi connectivity index (χ3n) is 5.79. The highest BCUT2D eigenvalue weighted by Crippen LogP contribution is 2.29. The molecule has 0 aromatic heterocycles. The number of nitrogens with zero attached hydrogens (tertiary/aromatic N) is 1. The minimum absolute atomic E-state index is 0.0565. The number of hydrogen-bond donors (Lipinski definition) is 3. The van der Waals surface area contributed by atoms with Crippen LogP contribution in [-0.4, -0.2) is 66.8 Å². The van der Waals surface area contributed by atoms with Crippen molar-refractivity contribution in [1.82, 2.24) is 4.90 Å². The predicted molar refractivity (Wildman–Crippen MR) is 165 cm³/mol. The van der Waals surface area contributed by atoms with E-state index in [1.54, 1.807) is 26.4 Å². The second-order valence-corrected chi connectivity index (χ2v) is 10.7. The Labute approximate surface area is 247 Å². The van der Waals surface area contributed by atoms with Gasteiger partial charge in [-0.25, -0.2) is 4.79 Å². The molecule has 0 aliphatic rings. The van der Waals surface area contributed by atoms with Gasteiger partial charge in [-0.2, -0.15) is 0 Å². The third-order valence-corrected chi connectivity index (χ3v) is 6.00. The highest BCUT2D eigenvalue weighted by molar-refractivity contribution is 7.80. The summed E-state index contributed by atoms with van der Waals surface area (Å²) in [6.07, 6.45) is -0.797. The first-order valence-electron chi connectivity index (χ1n) is 13.3. The molecule has 3 aromatic rings. The second kappa shape index (κ2) is 15.1. The van der Waals surface area contributed by atoms with Crippen molar-refractivity contribution in [2.45, 2.75) is 38.9 Å². The molecule has 9 nitrogen and oxygen atoms in total. The zero-order valence-corrected chi connectivity index (χ0v) is 25.0. The number of thiocarbonyl (C=S) groups is 1. The van der Waals surface area contributed by atoms with Crippen LogP contribution in [0.3, 0.4) is 0 Å². The van der Waals surface area contributed by atoms with Crippen LogP contribution in [0.1, 0.15) is 26.3 Å². The van der Waals surface area contributed by atoms with Crippen molar-refractivity contribution in [2.24, 2.45) is 0 Å². The van der Waals surface area contributed by atoms with E-state index in [2.05, 4.69) is 10.6 Å². The van der Waals surface area contributed by atoms with Crippen LogP contribution in [0.2, 0.25) is 0 Å². The molecule has 3 N–H and O–H groups in total. The maximum atomic E-state index is 12.9. The van der Waals surface area contributed by atoms with Gasteiger partial charge in [0.25, 0.3) is 0 Å². The molecule has 0 saturated heterocycles. The summed E-state index contributed by atoms with van der Waals surface area (Å²) in [6, 6.07) is 22.4. The molecule has 0 heterocycles. The van der Waals surface area contributed by atoms with Crippen molar-refractivity contribution in [3.05, 3.63) is 78.4 Å². The number of hydrogen-bond acceptors (Lipinski definition) is 7. The van der Waals surface area contributed by atoms with Crippen LogP contribution >= 0.6 is 12.2 Å². The molecule has 41 heavy (non-hydrogen) atoms. The number of nitrogens with one attached hydrogen (secondary N) is 2. The van der Waals surface area contributed by atoms with E-state index in [4.69, 9.17) is 31.2 Å². The SMILES string of the molecule is COc1ccc(NC(=S)Nc2ccc(CCN(C[C@H](O)COc3ccccc3)C(=O)OC(C)(C)C)cc2)cc1OC. The summed E-state index contributed by atoms with van der Waals surface area (Å²) in [5.74, 6) is 1.89. The molecule has 1 amide bonds. The third kappa shape index (κ3) is 10.8. The Balaban J connectivity index is 1.55. The number of carbonyl (C=O) groups excluding carboxylic acids is 1. The van der Waals surface area contributed by atoms with Crippen LogP contribution in [-0.2, 0) is 11.2 Å². The highest BCUT2D eigenvalue weighted by Gasteiger charge is 2.24. The maximum absolute atomic E-state index is 12.9. The van der Waals surface area contributed by atoms with Gasteiger partial charge >= 0.3 is 6.09 Å². The number of para-hydroxylation sites is 1. The summed E-state index contributed by atoms with van der Waals surface area (Å²) in [7, 11) is 3.16. The van der Waals surface area contributed by atoms with Crippen LogP contribution in [0, 0.1) is 0 Å². The standard InChI is InChI=1S/C31H39N3O6S/c1-31(2,3)40-30(36)34(20-25(35)21-39-26-9-7-6-8-10-26)18-17-22-11-13-23(14-12-22)32-29(41)33-24-15-16-27(37-4)28(19-24)38-5/h6-16,19,25,35H,17-18,20-21H2,1-5H3,(H2,32,33,41)/t25-/m0/s1. The number of carbonyl (C=O) groups is 1. The van der Waals surface area contributed by atoms with Crippen molar-refractivity contribution < 1.29 is 28.8 Å². The average Bonchev–Trinajstić information content (AvgIpc) is 2.94. The molecular formula is C31H39N3O6S. The molecular weight excluding hydrogens is 542 g/mol. The minimum atomic E-state index is -0.881. The van der Waals surface area contributed by atoms with Crippen molar-refractivity contribution in [3.8, 4) is 17.2 Å². The summed E-state index contributed by atoms with van der Waals surface area (Å²) in [6.45, 7) is 5.94. The van der Waals surface area contributed by atoms with Crippen molar-refractivity contribution in [3.63, 3.8) is 0 Å². The number of rotatable bonds is 12. The minimum Gasteiger partial charge on any atom is -0.493 e. The van der Waals surface area contributed by atoms with E-state index < -0.39 is 17.8 Å². The van der Waals surface area contributed by atoms with E-state index in [1.165, 1.54) is 4.90 Å². The fourth-order valence-electron chi connectivity index (χ4n) is 3.83. The number of aliphatic hydroxyl groups is 1. The Morgan fingerprint density at radius 1 is 0.927 bits per heavy atom. The first kappa shape index (κ1) is 31.5. The van der Waals surface area contributed by atoms with Gasteiger partial charge in [-0.1, -0.05) is 30.3 Å². The lowest BCUT2D eigenvalue weighted by Gasteiger charge is -2.29. The molecule has 1 atom stereocenters. The molecule has 0 spiro atoms. The quantitative estimate of drug-likeness (QED) is 0.231. The number of aliphatic hydroxyl groups excluding tert-OH is 1. The molecule has 0 saturated carbocycles. The van der Waals surface area contributed by atoms with Gasteiger partial charge in [0.05, 0.1) is 20.8 Å². The van der Waals surface area contributed by atoms with Gasteiger partial charge in [-0.05, 0) is 81.4 Å². The number of amides is 1. The predicted octanol–water partition coefficient (Wildman–Crippen LogP) is 5.73. The van der Waals surface area contributed by atoms with E-state index in [1.807, 2.05) is 81.4 Å². The van der Waals surface area contributed by atoms with E-state index in [0.717, 1.165) is 16.9 Å². The Morgan fingerprint density at radius 2 is 1.56 bits per heavy atom. The largest absolute Gasteiger partial charge is 0.493 e. The van der Waals surface area contributed by atoms with Crippen molar-refractivity contribution in [2.75, 3.05) is 44.5 Å². The van der Waals surface area contributed by atoms with Gasteiger partial charge < -0.3 is 39.6 Å². The Hall–Kier alpha value is -4.02. The fourth-order valence-corrected chi connectivity index (χ4v) is 4.06. The summed E-state index contributed by atoms with van der Waals surface area (Å²) in [5, 5.41) is 17.3. The van der Waals surface area contributed by atoms with Crippen LogP contribution < -0.4 is 24.8 Å². The summed E-state index contributed by atoms with van der Waals surface area (Å²) in [4.78, 5) is 14.4. The van der Waals surface area contributed by atoms with Crippen LogP contribution in [0.4, 0.5) is 16.2 Å².